The Morgan fingerprint density at radius 3 is 2.88 bits per heavy atom. The van der Waals surface area contributed by atoms with Crippen LogP contribution in [0.4, 0.5) is 5.69 Å². The van der Waals surface area contributed by atoms with E-state index in [0.717, 1.165) is 30.8 Å². The summed E-state index contributed by atoms with van der Waals surface area (Å²) >= 11 is 0. The Morgan fingerprint density at radius 2 is 2.25 bits per heavy atom. The van der Waals surface area contributed by atoms with Crippen LogP contribution in [0.1, 0.15) is 24.6 Å². The third kappa shape index (κ3) is 2.25. The van der Waals surface area contributed by atoms with E-state index in [1.807, 2.05) is 13.1 Å². The molecular weight excluding hydrogens is 198 g/mol. The number of nitrogens with zero attached hydrogens (tertiary/aromatic N) is 2. The van der Waals surface area contributed by atoms with Crippen LogP contribution in [0.3, 0.4) is 0 Å². The second-order valence-corrected chi connectivity index (χ2v) is 4.41. The summed E-state index contributed by atoms with van der Waals surface area (Å²) in [5.74, 6) is 0. The van der Waals surface area contributed by atoms with E-state index in [1.54, 1.807) is 0 Å². The van der Waals surface area contributed by atoms with Crippen LogP contribution < -0.4 is 10.6 Å². The molecule has 3 heteroatoms. The van der Waals surface area contributed by atoms with Gasteiger partial charge in [0.1, 0.15) is 0 Å². The van der Waals surface area contributed by atoms with Gasteiger partial charge in [-0.3, -0.25) is 4.98 Å². The summed E-state index contributed by atoms with van der Waals surface area (Å²) in [6, 6.07) is 2.14. The maximum Gasteiger partial charge on any atom is 0.0448 e. The first-order valence-corrected chi connectivity index (χ1v) is 5.77. The van der Waals surface area contributed by atoms with Crippen LogP contribution >= 0.6 is 0 Å². The molecule has 0 amide bonds. The van der Waals surface area contributed by atoms with Crippen molar-refractivity contribution in [2.45, 2.75) is 26.8 Å². The summed E-state index contributed by atoms with van der Waals surface area (Å²) in [4.78, 5) is 6.68. The number of nitrogens with two attached hydrogens (primary N) is 1. The Labute approximate surface area is 97.0 Å². The molecule has 2 N–H and O–H groups in total. The first-order chi connectivity index (χ1) is 7.70. The van der Waals surface area contributed by atoms with E-state index >= 15 is 0 Å². The van der Waals surface area contributed by atoms with E-state index in [-0.39, 0.29) is 0 Å². The summed E-state index contributed by atoms with van der Waals surface area (Å²) in [7, 11) is 0. The largest absolute Gasteiger partial charge is 0.367 e. The van der Waals surface area contributed by atoms with Gasteiger partial charge in [0.15, 0.2) is 0 Å². The molecule has 0 atom stereocenters. The number of pyridine rings is 1. The SMILES string of the molecule is CC1=CCN(c2cc(C)ncc2CN)CC1. The Balaban J connectivity index is 2.29. The van der Waals surface area contributed by atoms with Crippen molar-refractivity contribution in [3.05, 3.63) is 35.2 Å². The van der Waals surface area contributed by atoms with Gasteiger partial charge in [-0.05, 0) is 26.3 Å². The van der Waals surface area contributed by atoms with Crippen LogP contribution in [0.15, 0.2) is 23.9 Å². The van der Waals surface area contributed by atoms with E-state index < -0.39 is 0 Å². The van der Waals surface area contributed by atoms with Crippen molar-refractivity contribution in [2.75, 3.05) is 18.0 Å². The Kier molecular flexibility index (Phi) is 3.25. The molecule has 2 rings (SSSR count). The van der Waals surface area contributed by atoms with Gasteiger partial charge in [-0.2, -0.15) is 0 Å². The molecule has 1 aromatic heterocycles. The molecule has 1 aromatic rings. The normalized spacial score (nSPS) is 16.2. The third-order valence-corrected chi connectivity index (χ3v) is 3.10. The molecule has 2 heterocycles. The molecule has 1 aliphatic rings. The number of rotatable bonds is 2. The molecule has 0 aliphatic carbocycles. The number of hydrogen-bond acceptors (Lipinski definition) is 3. The van der Waals surface area contributed by atoms with Crippen molar-refractivity contribution in [1.29, 1.82) is 0 Å². The Bertz CT molecular complexity index is 410. The van der Waals surface area contributed by atoms with Gasteiger partial charge in [0.05, 0.1) is 0 Å². The average molecular weight is 217 g/mol. The van der Waals surface area contributed by atoms with Crippen LogP contribution in [0, 0.1) is 6.92 Å². The van der Waals surface area contributed by atoms with Crippen LogP contribution in [0.2, 0.25) is 0 Å². The van der Waals surface area contributed by atoms with Crippen molar-refractivity contribution in [3.8, 4) is 0 Å². The highest BCUT2D eigenvalue weighted by molar-refractivity contribution is 5.54. The van der Waals surface area contributed by atoms with Crippen molar-refractivity contribution in [2.24, 2.45) is 5.73 Å². The fourth-order valence-corrected chi connectivity index (χ4v) is 2.01. The van der Waals surface area contributed by atoms with Crippen LogP contribution in [0.5, 0.6) is 0 Å². The topological polar surface area (TPSA) is 42.2 Å². The van der Waals surface area contributed by atoms with E-state index in [1.165, 1.54) is 11.3 Å². The molecule has 1 aliphatic heterocycles. The van der Waals surface area contributed by atoms with Gasteiger partial charge < -0.3 is 10.6 Å². The Hall–Kier alpha value is -1.35. The minimum absolute atomic E-state index is 0.557. The zero-order valence-corrected chi connectivity index (χ0v) is 10.0. The molecular formula is C13H19N3. The third-order valence-electron chi connectivity index (χ3n) is 3.10. The van der Waals surface area contributed by atoms with Crippen molar-refractivity contribution in [3.63, 3.8) is 0 Å². The quantitative estimate of drug-likeness (QED) is 0.770. The highest BCUT2D eigenvalue weighted by atomic mass is 15.1. The lowest BCUT2D eigenvalue weighted by molar-refractivity contribution is 0.779. The van der Waals surface area contributed by atoms with Gasteiger partial charge in [-0.15, -0.1) is 0 Å². The first kappa shape index (κ1) is 11.1. The zero-order valence-electron chi connectivity index (χ0n) is 10.0. The number of aromatic nitrogens is 1. The summed E-state index contributed by atoms with van der Waals surface area (Å²) < 4.78 is 0. The van der Waals surface area contributed by atoms with Gasteiger partial charge in [-0.1, -0.05) is 11.6 Å². The molecule has 0 radical (unpaired) electrons. The van der Waals surface area contributed by atoms with Crippen molar-refractivity contribution in [1.82, 2.24) is 4.98 Å². The van der Waals surface area contributed by atoms with Crippen LogP contribution in [0.25, 0.3) is 0 Å². The number of anilines is 1. The molecule has 86 valence electrons. The Morgan fingerprint density at radius 1 is 1.44 bits per heavy atom. The molecule has 0 aromatic carbocycles. The molecule has 0 unspecified atom stereocenters. The summed E-state index contributed by atoms with van der Waals surface area (Å²) in [5, 5.41) is 0. The first-order valence-electron chi connectivity index (χ1n) is 5.77. The lowest BCUT2D eigenvalue weighted by Gasteiger charge is -2.29. The van der Waals surface area contributed by atoms with Crippen LogP contribution in [-0.2, 0) is 6.54 Å². The average Bonchev–Trinajstić information content (AvgIpc) is 2.30. The molecule has 0 bridgehead atoms. The van der Waals surface area contributed by atoms with Gasteiger partial charge in [-0.25, -0.2) is 0 Å². The van der Waals surface area contributed by atoms with E-state index in [0.29, 0.717) is 6.54 Å². The lowest BCUT2D eigenvalue weighted by Crippen LogP contribution is -2.29. The predicted molar refractivity (Wildman–Crippen MR) is 67.5 cm³/mol. The molecule has 0 spiro atoms. The maximum absolute atomic E-state index is 5.75. The highest BCUT2D eigenvalue weighted by Gasteiger charge is 2.13. The van der Waals surface area contributed by atoms with E-state index in [9.17, 15) is 0 Å². The number of aryl methyl sites for hydroxylation is 1. The highest BCUT2D eigenvalue weighted by Crippen LogP contribution is 2.23. The number of hydrogen-bond donors (Lipinski definition) is 1. The molecule has 0 fully saturated rings. The van der Waals surface area contributed by atoms with Gasteiger partial charge >= 0.3 is 0 Å². The molecule has 0 saturated heterocycles. The van der Waals surface area contributed by atoms with E-state index in [2.05, 4.69) is 29.0 Å². The summed E-state index contributed by atoms with van der Waals surface area (Å²) in [5.41, 5.74) is 10.7. The molecule has 3 nitrogen and oxygen atoms in total. The second-order valence-electron chi connectivity index (χ2n) is 4.41. The standard InChI is InChI=1S/C13H19N3/c1-10-3-5-16(6-4-10)13-7-11(2)15-9-12(13)8-14/h3,7,9H,4-6,8,14H2,1-2H3. The van der Waals surface area contributed by atoms with Crippen molar-refractivity contribution >= 4 is 5.69 Å². The van der Waals surface area contributed by atoms with E-state index in [4.69, 9.17) is 5.73 Å². The minimum atomic E-state index is 0.557. The van der Waals surface area contributed by atoms with Crippen LogP contribution in [-0.4, -0.2) is 18.1 Å². The monoisotopic (exact) mass is 217 g/mol. The molecule has 0 saturated carbocycles. The molecule has 16 heavy (non-hydrogen) atoms. The fourth-order valence-electron chi connectivity index (χ4n) is 2.01. The zero-order chi connectivity index (χ0) is 11.5. The lowest BCUT2D eigenvalue weighted by atomic mass is 10.1. The summed E-state index contributed by atoms with van der Waals surface area (Å²) in [6.07, 6.45) is 5.33. The minimum Gasteiger partial charge on any atom is -0.367 e. The second kappa shape index (κ2) is 4.66. The van der Waals surface area contributed by atoms with Crippen molar-refractivity contribution < 1.29 is 0 Å². The van der Waals surface area contributed by atoms with Gasteiger partial charge in [0.2, 0.25) is 0 Å². The van der Waals surface area contributed by atoms with Gasteiger partial charge in [0.25, 0.3) is 0 Å². The smallest absolute Gasteiger partial charge is 0.0448 e. The predicted octanol–water partition coefficient (Wildman–Crippen LogP) is 2.01. The van der Waals surface area contributed by atoms with Gasteiger partial charge in [0, 0.05) is 42.8 Å². The maximum atomic E-state index is 5.75. The fraction of sp³-hybridized carbons (Fsp3) is 0.462. The summed E-state index contributed by atoms with van der Waals surface area (Å²) in [6.45, 7) is 6.84.